The number of morpholine rings is 1. The van der Waals surface area contributed by atoms with Gasteiger partial charge in [-0.15, -0.1) is 0 Å². The number of ether oxygens (including phenoxy) is 1. The van der Waals surface area contributed by atoms with Gasteiger partial charge in [0.15, 0.2) is 0 Å². The normalized spacial score (nSPS) is 28.1. The SMILES string of the molecule is NC(CCN1CCOC2CCCCC21)c1cccc(F)c1. The number of halogens is 1. The maximum absolute atomic E-state index is 13.3. The molecule has 2 N–H and O–H groups in total. The van der Waals surface area contributed by atoms with Crippen molar-refractivity contribution < 1.29 is 9.13 Å². The van der Waals surface area contributed by atoms with Crippen molar-refractivity contribution in [3.05, 3.63) is 35.6 Å². The van der Waals surface area contributed by atoms with Crippen LogP contribution in [-0.2, 0) is 4.74 Å². The molecule has 0 radical (unpaired) electrons. The molecule has 0 spiro atoms. The Morgan fingerprint density at radius 2 is 2.19 bits per heavy atom. The summed E-state index contributed by atoms with van der Waals surface area (Å²) >= 11 is 0. The van der Waals surface area contributed by atoms with Crippen molar-refractivity contribution in [1.29, 1.82) is 0 Å². The first kappa shape index (κ1) is 14.9. The molecule has 1 aliphatic heterocycles. The first-order chi connectivity index (χ1) is 10.2. The van der Waals surface area contributed by atoms with Gasteiger partial charge in [-0.25, -0.2) is 4.39 Å². The van der Waals surface area contributed by atoms with Gasteiger partial charge < -0.3 is 10.5 Å². The van der Waals surface area contributed by atoms with E-state index in [1.54, 1.807) is 12.1 Å². The molecule has 1 aliphatic carbocycles. The zero-order valence-electron chi connectivity index (χ0n) is 12.5. The van der Waals surface area contributed by atoms with Crippen LogP contribution in [-0.4, -0.2) is 36.7 Å². The summed E-state index contributed by atoms with van der Waals surface area (Å²) in [5, 5.41) is 0. The molecule has 3 unspecified atom stereocenters. The number of nitrogens with zero attached hydrogens (tertiary/aromatic N) is 1. The average Bonchev–Trinajstić information content (AvgIpc) is 2.52. The fraction of sp³-hybridized carbons (Fsp3) is 0.647. The molecular formula is C17H25FN2O. The van der Waals surface area contributed by atoms with Gasteiger partial charge in [-0.3, -0.25) is 4.90 Å². The summed E-state index contributed by atoms with van der Waals surface area (Å²) in [6, 6.07) is 7.13. The van der Waals surface area contributed by atoms with Crippen LogP contribution in [0.4, 0.5) is 4.39 Å². The highest BCUT2D eigenvalue weighted by atomic mass is 19.1. The van der Waals surface area contributed by atoms with Crippen LogP contribution in [0.2, 0.25) is 0 Å². The van der Waals surface area contributed by atoms with Crippen LogP contribution in [0.15, 0.2) is 24.3 Å². The Morgan fingerprint density at radius 1 is 1.33 bits per heavy atom. The number of hydrogen-bond donors (Lipinski definition) is 1. The van der Waals surface area contributed by atoms with Crippen molar-refractivity contribution >= 4 is 0 Å². The predicted molar refractivity (Wildman–Crippen MR) is 81.5 cm³/mol. The van der Waals surface area contributed by atoms with E-state index in [-0.39, 0.29) is 11.9 Å². The highest BCUT2D eigenvalue weighted by molar-refractivity contribution is 5.19. The quantitative estimate of drug-likeness (QED) is 0.927. The number of benzene rings is 1. The number of fused-ring (bicyclic) bond motifs is 1. The van der Waals surface area contributed by atoms with E-state index in [1.807, 2.05) is 6.07 Å². The monoisotopic (exact) mass is 292 g/mol. The molecule has 21 heavy (non-hydrogen) atoms. The van der Waals surface area contributed by atoms with E-state index in [1.165, 1.54) is 31.7 Å². The van der Waals surface area contributed by atoms with Crippen LogP contribution in [0.25, 0.3) is 0 Å². The fourth-order valence-corrected chi connectivity index (χ4v) is 3.66. The Morgan fingerprint density at radius 3 is 3.05 bits per heavy atom. The summed E-state index contributed by atoms with van der Waals surface area (Å²) in [6.07, 6.45) is 6.30. The molecule has 3 atom stereocenters. The lowest BCUT2D eigenvalue weighted by molar-refractivity contribution is -0.0885. The van der Waals surface area contributed by atoms with Gasteiger partial charge in [0, 0.05) is 25.2 Å². The number of rotatable bonds is 4. The van der Waals surface area contributed by atoms with Crippen molar-refractivity contribution in [2.24, 2.45) is 5.73 Å². The third-order valence-electron chi connectivity index (χ3n) is 4.85. The average molecular weight is 292 g/mol. The summed E-state index contributed by atoms with van der Waals surface area (Å²) in [7, 11) is 0. The predicted octanol–water partition coefficient (Wildman–Crippen LogP) is 2.86. The Bertz CT molecular complexity index is 466. The van der Waals surface area contributed by atoms with Crippen LogP contribution >= 0.6 is 0 Å². The maximum Gasteiger partial charge on any atom is 0.123 e. The van der Waals surface area contributed by atoms with Gasteiger partial charge in [0.25, 0.3) is 0 Å². The van der Waals surface area contributed by atoms with E-state index in [0.717, 1.165) is 31.7 Å². The Hall–Kier alpha value is -0.970. The molecule has 1 aromatic carbocycles. The van der Waals surface area contributed by atoms with Gasteiger partial charge in [0.1, 0.15) is 5.82 Å². The molecular weight excluding hydrogens is 267 g/mol. The molecule has 2 aliphatic rings. The molecule has 0 bridgehead atoms. The van der Waals surface area contributed by atoms with E-state index in [4.69, 9.17) is 10.5 Å². The van der Waals surface area contributed by atoms with Crippen LogP contribution in [0, 0.1) is 5.82 Å². The standard InChI is InChI=1S/C17H25FN2O/c18-14-5-3-4-13(12-14)15(19)8-9-20-10-11-21-17-7-2-1-6-16(17)20/h3-5,12,15-17H,1-2,6-11,19H2. The smallest absolute Gasteiger partial charge is 0.123 e. The van der Waals surface area contributed by atoms with Crippen molar-refractivity contribution in [2.75, 3.05) is 19.7 Å². The summed E-state index contributed by atoms with van der Waals surface area (Å²) in [6.45, 7) is 2.80. The van der Waals surface area contributed by atoms with Crippen molar-refractivity contribution in [3.8, 4) is 0 Å². The number of hydrogen-bond acceptors (Lipinski definition) is 3. The molecule has 116 valence electrons. The van der Waals surface area contributed by atoms with Gasteiger partial charge in [0.05, 0.1) is 12.7 Å². The lowest BCUT2D eigenvalue weighted by Gasteiger charge is -2.44. The molecule has 0 aromatic heterocycles. The second-order valence-corrected chi connectivity index (χ2v) is 6.25. The van der Waals surface area contributed by atoms with Gasteiger partial charge in [0.2, 0.25) is 0 Å². The molecule has 1 saturated heterocycles. The van der Waals surface area contributed by atoms with E-state index >= 15 is 0 Å². The Labute approximate surface area is 126 Å². The maximum atomic E-state index is 13.3. The van der Waals surface area contributed by atoms with Gasteiger partial charge >= 0.3 is 0 Å². The van der Waals surface area contributed by atoms with Crippen LogP contribution in [0.1, 0.15) is 43.7 Å². The molecule has 3 nitrogen and oxygen atoms in total. The third-order valence-corrected chi connectivity index (χ3v) is 4.85. The zero-order chi connectivity index (χ0) is 14.7. The van der Waals surface area contributed by atoms with E-state index in [2.05, 4.69) is 4.90 Å². The van der Waals surface area contributed by atoms with Crippen LogP contribution < -0.4 is 5.73 Å². The summed E-state index contributed by atoms with van der Waals surface area (Å²) in [5.41, 5.74) is 7.12. The molecule has 3 rings (SSSR count). The second kappa shape index (κ2) is 6.86. The zero-order valence-corrected chi connectivity index (χ0v) is 12.5. The Kier molecular flexibility index (Phi) is 4.88. The molecule has 4 heteroatoms. The summed E-state index contributed by atoms with van der Waals surface area (Å²) < 4.78 is 19.2. The molecule has 1 aromatic rings. The van der Waals surface area contributed by atoms with Crippen molar-refractivity contribution in [2.45, 2.75) is 50.3 Å². The van der Waals surface area contributed by atoms with Crippen molar-refractivity contribution in [1.82, 2.24) is 4.90 Å². The van der Waals surface area contributed by atoms with Crippen LogP contribution in [0.3, 0.4) is 0 Å². The third kappa shape index (κ3) is 3.62. The minimum absolute atomic E-state index is 0.0921. The van der Waals surface area contributed by atoms with Crippen LogP contribution in [0.5, 0.6) is 0 Å². The largest absolute Gasteiger partial charge is 0.375 e. The Balaban J connectivity index is 1.56. The second-order valence-electron chi connectivity index (χ2n) is 6.25. The van der Waals surface area contributed by atoms with Crippen molar-refractivity contribution in [3.63, 3.8) is 0 Å². The van der Waals surface area contributed by atoms with E-state index in [9.17, 15) is 4.39 Å². The topological polar surface area (TPSA) is 38.5 Å². The van der Waals surface area contributed by atoms with Gasteiger partial charge in [-0.2, -0.15) is 0 Å². The summed E-state index contributed by atoms with van der Waals surface area (Å²) in [5.74, 6) is -0.207. The first-order valence-corrected chi connectivity index (χ1v) is 8.11. The van der Waals surface area contributed by atoms with Gasteiger partial charge in [-0.05, 0) is 37.0 Å². The minimum Gasteiger partial charge on any atom is -0.375 e. The first-order valence-electron chi connectivity index (χ1n) is 8.11. The lowest BCUT2D eigenvalue weighted by atomic mass is 9.90. The van der Waals surface area contributed by atoms with E-state index in [0.29, 0.717) is 12.1 Å². The molecule has 0 amide bonds. The molecule has 2 fully saturated rings. The molecule has 1 heterocycles. The highest BCUT2D eigenvalue weighted by Crippen LogP contribution is 2.29. The van der Waals surface area contributed by atoms with Gasteiger partial charge in [-0.1, -0.05) is 25.0 Å². The fourth-order valence-electron chi connectivity index (χ4n) is 3.66. The van der Waals surface area contributed by atoms with E-state index < -0.39 is 0 Å². The number of nitrogens with two attached hydrogens (primary N) is 1. The lowest BCUT2D eigenvalue weighted by Crippen LogP contribution is -2.53. The highest BCUT2D eigenvalue weighted by Gasteiger charge is 2.33. The summed E-state index contributed by atoms with van der Waals surface area (Å²) in [4.78, 5) is 2.53. The molecule has 1 saturated carbocycles. The minimum atomic E-state index is -0.207.